The van der Waals surface area contributed by atoms with Crippen molar-refractivity contribution in [2.75, 3.05) is 0 Å². The summed E-state index contributed by atoms with van der Waals surface area (Å²) in [7, 11) is -3.88. The van der Waals surface area contributed by atoms with Crippen LogP contribution in [0.4, 0.5) is 0 Å². The highest BCUT2D eigenvalue weighted by atomic mass is 29.8. The van der Waals surface area contributed by atoms with E-state index in [9.17, 15) is 0 Å². The van der Waals surface area contributed by atoms with Crippen LogP contribution in [0.2, 0.25) is 63.5 Å². The van der Waals surface area contributed by atoms with Crippen molar-refractivity contribution >= 4 is 29.4 Å². The van der Waals surface area contributed by atoms with Crippen LogP contribution < -0.4 is 0 Å². The molecule has 0 amide bonds. The fraction of sp³-hybridized carbons (Fsp3) is 1.00. The lowest BCUT2D eigenvalue weighted by molar-refractivity contribution is 0.718. The second-order valence-corrected chi connectivity index (χ2v) is 49.9. The Morgan fingerprint density at radius 2 is 1.06 bits per heavy atom. The molecule has 1 aliphatic heterocycles. The summed E-state index contributed by atoms with van der Waals surface area (Å²) in [5.41, 5.74) is 0. The summed E-state index contributed by atoms with van der Waals surface area (Å²) in [5, 5.41) is 0.695. The molecule has 96 valence electrons. The van der Waals surface area contributed by atoms with E-state index in [1.807, 2.05) is 0 Å². The van der Waals surface area contributed by atoms with E-state index in [2.05, 4.69) is 66.2 Å². The van der Waals surface area contributed by atoms with Crippen LogP contribution in [0.5, 0.6) is 0 Å². The monoisotopic (exact) mass is 288 g/mol. The Labute approximate surface area is 107 Å². The lowest BCUT2D eigenvalue weighted by Gasteiger charge is -2.66. The van der Waals surface area contributed by atoms with Gasteiger partial charge < -0.3 is 0 Å². The Bertz CT molecular complexity index is 272. The molecule has 4 heteroatoms. The Hall–Kier alpha value is 0.868. The molecule has 0 N–H and O–H groups in total. The first-order chi connectivity index (χ1) is 6.71. The molecule has 1 aliphatic rings. The van der Waals surface area contributed by atoms with Crippen molar-refractivity contribution in [3.8, 4) is 0 Å². The van der Waals surface area contributed by atoms with Gasteiger partial charge in [0.2, 0.25) is 0 Å². The van der Waals surface area contributed by atoms with Gasteiger partial charge in [-0.2, -0.15) is 0 Å². The van der Waals surface area contributed by atoms with E-state index in [4.69, 9.17) is 0 Å². The van der Waals surface area contributed by atoms with Gasteiger partial charge in [-0.05, 0) is 5.04 Å². The van der Waals surface area contributed by atoms with Gasteiger partial charge in [0.05, 0.1) is 0 Å². The molecule has 0 aliphatic carbocycles. The van der Waals surface area contributed by atoms with Crippen molar-refractivity contribution in [3.63, 3.8) is 0 Å². The molecule has 0 nitrogen and oxygen atoms in total. The molecule has 1 saturated heterocycles. The van der Waals surface area contributed by atoms with Crippen molar-refractivity contribution < 1.29 is 0 Å². The first kappa shape index (κ1) is 14.9. The normalized spacial score (nSPS) is 33.4. The smallest absolute Gasteiger partial charge is 0.0437 e. The average molecular weight is 289 g/mol. The van der Waals surface area contributed by atoms with E-state index in [0.717, 1.165) is 0 Å². The van der Waals surface area contributed by atoms with Gasteiger partial charge in [-0.25, -0.2) is 0 Å². The summed E-state index contributed by atoms with van der Waals surface area (Å²) >= 11 is 0. The second-order valence-electron chi connectivity index (χ2n) is 8.82. The highest BCUT2D eigenvalue weighted by molar-refractivity contribution is 7.84. The fourth-order valence-electron chi connectivity index (χ4n) is 4.02. The zero-order valence-electron chi connectivity index (χ0n) is 13.2. The number of rotatable bonds is 0. The maximum Gasteiger partial charge on any atom is 0.0437 e. The van der Waals surface area contributed by atoms with Gasteiger partial charge >= 0.3 is 0 Å². The van der Waals surface area contributed by atoms with E-state index in [-0.39, 0.29) is 0 Å². The molecule has 0 aromatic rings. The van der Waals surface area contributed by atoms with E-state index in [1.54, 1.807) is 6.04 Å². The maximum absolute atomic E-state index is 2.76. The van der Waals surface area contributed by atoms with Crippen molar-refractivity contribution in [1.29, 1.82) is 0 Å². The summed E-state index contributed by atoms with van der Waals surface area (Å²) in [6, 6.07) is 1.61. The maximum atomic E-state index is 2.76. The molecule has 1 heterocycles. The Morgan fingerprint density at radius 1 is 0.688 bits per heavy atom. The zero-order valence-corrected chi connectivity index (χ0v) is 17.2. The van der Waals surface area contributed by atoms with Crippen LogP contribution in [0.15, 0.2) is 0 Å². The summed E-state index contributed by atoms with van der Waals surface area (Å²) in [6.07, 6.45) is 0. The summed E-state index contributed by atoms with van der Waals surface area (Å²) in [5.74, 6) is 0. The summed E-state index contributed by atoms with van der Waals surface area (Å²) in [6.45, 7) is 27.1. The van der Waals surface area contributed by atoms with Crippen LogP contribution in [-0.2, 0) is 0 Å². The van der Waals surface area contributed by atoms with E-state index in [1.165, 1.54) is 0 Å². The van der Waals surface area contributed by atoms with Gasteiger partial charge in [0.15, 0.2) is 0 Å². The fourth-order valence-corrected chi connectivity index (χ4v) is 84.2. The van der Waals surface area contributed by atoms with Crippen molar-refractivity contribution in [2.45, 2.75) is 77.3 Å². The Balaban J connectivity index is 3.43. The first-order valence-corrected chi connectivity index (χ1v) is 21.9. The van der Waals surface area contributed by atoms with Crippen LogP contribution in [0.1, 0.15) is 13.8 Å². The van der Waals surface area contributed by atoms with Gasteiger partial charge in [-0.15, -0.1) is 0 Å². The zero-order chi connectivity index (χ0) is 13.2. The third-order valence-corrected chi connectivity index (χ3v) is 79.4. The van der Waals surface area contributed by atoms with Crippen LogP contribution in [0.3, 0.4) is 0 Å². The van der Waals surface area contributed by atoms with Crippen molar-refractivity contribution in [3.05, 3.63) is 0 Å². The molecule has 0 radical (unpaired) electrons. The molecule has 0 spiro atoms. The minimum Gasteiger partial charge on any atom is -0.0733 e. The third kappa shape index (κ3) is 1.56. The summed E-state index contributed by atoms with van der Waals surface area (Å²) in [4.78, 5) is 0. The highest BCUT2D eigenvalue weighted by Crippen LogP contribution is 2.57. The van der Waals surface area contributed by atoms with Gasteiger partial charge in [-0.1, -0.05) is 72.3 Å². The molecule has 0 atom stereocenters. The lowest BCUT2D eigenvalue weighted by atomic mass is 10.2. The SMILES string of the molecule is CC1(C)C[Si](C)(C)[Si](C)(C)[Si](C)(C)[Si]1(C)C. The number of hydrogen-bond acceptors (Lipinski definition) is 0. The average Bonchev–Trinajstić information content (AvgIpc) is 1.98. The van der Waals surface area contributed by atoms with Gasteiger partial charge in [0, 0.05) is 29.4 Å². The van der Waals surface area contributed by atoms with Gasteiger partial charge in [0.1, 0.15) is 0 Å². The van der Waals surface area contributed by atoms with Crippen molar-refractivity contribution in [1.82, 2.24) is 0 Å². The van der Waals surface area contributed by atoms with Crippen LogP contribution >= 0.6 is 0 Å². The first-order valence-electron chi connectivity index (χ1n) is 6.71. The molecule has 0 bridgehead atoms. The molecule has 1 rings (SSSR count). The predicted molar refractivity (Wildman–Crippen MR) is 88.8 cm³/mol. The second kappa shape index (κ2) is 3.45. The minimum absolute atomic E-state index is 0.695. The van der Waals surface area contributed by atoms with E-state index < -0.39 is 29.4 Å². The van der Waals surface area contributed by atoms with Crippen LogP contribution in [-0.4, -0.2) is 29.4 Å². The molecule has 0 aromatic heterocycles. The van der Waals surface area contributed by atoms with E-state index >= 15 is 0 Å². The molecule has 1 fully saturated rings. The van der Waals surface area contributed by atoms with Gasteiger partial charge in [-0.3, -0.25) is 0 Å². The highest BCUT2D eigenvalue weighted by Gasteiger charge is 2.67. The van der Waals surface area contributed by atoms with Crippen molar-refractivity contribution in [2.24, 2.45) is 0 Å². The molecule has 0 saturated carbocycles. The standard InChI is InChI=1S/C12H32Si4/c1-12(2)11-13(3,4)15(7,8)16(9,10)14(12,5)6/h11H2,1-10H3. The number of hydrogen-bond donors (Lipinski definition) is 0. The predicted octanol–water partition coefficient (Wildman–Crippen LogP) is 4.85. The molecule has 0 unspecified atom stereocenters. The molecule has 16 heavy (non-hydrogen) atoms. The largest absolute Gasteiger partial charge is 0.0733 e. The third-order valence-electron chi connectivity index (χ3n) is 7.39. The van der Waals surface area contributed by atoms with Crippen LogP contribution in [0.25, 0.3) is 0 Å². The minimum atomic E-state index is -1.03. The summed E-state index contributed by atoms with van der Waals surface area (Å²) < 4.78 is 0. The Morgan fingerprint density at radius 3 is 1.44 bits per heavy atom. The topological polar surface area (TPSA) is 0 Å². The van der Waals surface area contributed by atoms with Crippen LogP contribution in [0, 0.1) is 0 Å². The Kier molecular flexibility index (Phi) is 3.22. The molecular weight excluding hydrogens is 256 g/mol. The van der Waals surface area contributed by atoms with Gasteiger partial charge in [0.25, 0.3) is 0 Å². The molecule has 0 aromatic carbocycles. The molecular formula is C12H32Si4. The lowest BCUT2D eigenvalue weighted by Crippen LogP contribution is -2.85. The van der Waals surface area contributed by atoms with E-state index in [0.29, 0.717) is 5.04 Å². The quantitative estimate of drug-likeness (QED) is 0.559.